The SMILES string of the molecule is CCC(NC(=O)CN(c1ccccc1)S(=O)(=O)c1ccc(F)cc1)c1ccc(C)c(C)c1. The van der Waals surface area contributed by atoms with E-state index in [-0.39, 0.29) is 10.9 Å². The van der Waals surface area contributed by atoms with Crippen LogP contribution in [0.15, 0.2) is 77.7 Å². The summed E-state index contributed by atoms with van der Waals surface area (Å²) in [6, 6.07) is 18.7. The summed E-state index contributed by atoms with van der Waals surface area (Å²) < 4.78 is 41.0. The van der Waals surface area contributed by atoms with Crippen molar-refractivity contribution < 1.29 is 17.6 Å². The van der Waals surface area contributed by atoms with E-state index in [0.29, 0.717) is 12.1 Å². The van der Waals surface area contributed by atoms with Crippen LogP contribution < -0.4 is 9.62 Å². The number of para-hydroxylation sites is 1. The molecule has 32 heavy (non-hydrogen) atoms. The summed E-state index contributed by atoms with van der Waals surface area (Å²) in [6.45, 7) is 5.60. The molecule has 5 nitrogen and oxygen atoms in total. The molecule has 168 valence electrons. The smallest absolute Gasteiger partial charge is 0.264 e. The van der Waals surface area contributed by atoms with Crippen LogP contribution in [-0.4, -0.2) is 20.9 Å². The molecule has 0 fully saturated rings. The highest BCUT2D eigenvalue weighted by atomic mass is 32.2. The molecular weight excluding hydrogens is 427 g/mol. The first-order valence-corrected chi connectivity index (χ1v) is 11.9. The van der Waals surface area contributed by atoms with Gasteiger partial charge in [0.1, 0.15) is 12.4 Å². The molecule has 0 spiro atoms. The second-order valence-electron chi connectivity index (χ2n) is 7.67. The van der Waals surface area contributed by atoms with Crippen LogP contribution in [0.1, 0.15) is 36.1 Å². The topological polar surface area (TPSA) is 66.5 Å². The fourth-order valence-corrected chi connectivity index (χ4v) is 4.84. The Balaban J connectivity index is 1.88. The van der Waals surface area contributed by atoms with Crippen molar-refractivity contribution >= 4 is 21.6 Å². The van der Waals surface area contributed by atoms with Crippen molar-refractivity contribution in [3.63, 3.8) is 0 Å². The van der Waals surface area contributed by atoms with Gasteiger partial charge in [-0.2, -0.15) is 0 Å². The minimum absolute atomic E-state index is 0.0863. The van der Waals surface area contributed by atoms with Gasteiger partial charge in [-0.25, -0.2) is 12.8 Å². The first kappa shape index (κ1) is 23.5. The maximum Gasteiger partial charge on any atom is 0.264 e. The van der Waals surface area contributed by atoms with Crippen LogP contribution in [0.25, 0.3) is 0 Å². The average molecular weight is 455 g/mol. The number of benzene rings is 3. The van der Waals surface area contributed by atoms with Gasteiger partial charge in [0, 0.05) is 0 Å². The highest BCUT2D eigenvalue weighted by Crippen LogP contribution is 2.24. The van der Waals surface area contributed by atoms with E-state index in [2.05, 4.69) is 5.32 Å². The zero-order chi connectivity index (χ0) is 23.3. The number of rotatable bonds is 8. The van der Waals surface area contributed by atoms with Crippen molar-refractivity contribution in [1.29, 1.82) is 0 Å². The summed E-state index contributed by atoms with van der Waals surface area (Å²) in [4.78, 5) is 12.9. The molecule has 3 aromatic carbocycles. The molecule has 1 atom stereocenters. The molecule has 0 aliphatic rings. The third-order valence-electron chi connectivity index (χ3n) is 5.41. The molecule has 0 bridgehead atoms. The van der Waals surface area contributed by atoms with Gasteiger partial charge in [-0.05, 0) is 73.4 Å². The Morgan fingerprint density at radius 2 is 1.62 bits per heavy atom. The average Bonchev–Trinajstić information content (AvgIpc) is 2.78. The zero-order valence-electron chi connectivity index (χ0n) is 18.4. The number of sulfonamides is 1. The van der Waals surface area contributed by atoms with Crippen LogP contribution >= 0.6 is 0 Å². The van der Waals surface area contributed by atoms with E-state index in [1.807, 2.05) is 39.0 Å². The Morgan fingerprint density at radius 3 is 2.22 bits per heavy atom. The van der Waals surface area contributed by atoms with Gasteiger partial charge in [0.05, 0.1) is 16.6 Å². The Bertz CT molecular complexity index is 1180. The molecule has 7 heteroatoms. The molecular formula is C25H27FN2O3S. The molecule has 0 heterocycles. The monoisotopic (exact) mass is 454 g/mol. The highest BCUT2D eigenvalue weighted by Gasteiger charge is 2.28. The lowest BCUT2D eigenvalue weighted by molar-refractivity contribution is -0.120. The Hall–Kier alpha value is -3.19. The minimum Gasteiger partial charge on any atom is -0.348 e. The van der Waals surface area contributed by atoms with Gasteiger partial charge in [-0.1, -0.05) is 43.3 Å². The molecule has 0 aliphatic heterocycles. The number of aryl methyl sites for hydroxylation is 2. The second-order valence-corrected chi connectivity index (χ2v) is 9.54. The predicted molar refractivity (Wildman–Crippen MR) is 124 cm³/mol. The van der Waals surface area contributed by atoms with Gasteiger partial charge in [0.15, 0.2) is 0 Å². The number of nitrogens with one attached hydrogen (secondary N) is 1. The van der Waals surface area contributed by atoms with Gasteiger partial charge in [0.2, 0.25) is 5.91 Å². The third kappa shape index (κ3) is 5.34. The number of amides is 1. The fraction of sp³-hybridized carbons (Fsp3) is 0.240. The van der Waals surface area contributed by atoms with E-state index in [9.17, 15) is 17.6 Å². The molecule has 0 aromatic heterocycles. The summed E-state index contributed by atoms with van der Waals surface area (Å²) in [7, 11) is -4.08. The molecule has 3 rings (SSSR count). The largest absolute Gasteiger partial charge is 0.348 e. The summed E-state index contributed by atoms with van der Waals surface area (Å²) in [5.74, 6) is -0.961. The van der Waals surface area contributed by atoms with Crippen molar-refractivity contribution in [3.05, 3.63) is 95.3 Å². The number of hydrogen-bond donors (Lipinski definition) is 1. The molecule has 0 saturated carbocycles. The number of nitrogens with zero attached hydrogens (tertiary/aromatic N) is 1. The first-order valence-electron chi connectivity index (χ1n) is 10.4. The fourth-order valence-electron chi connectivity index (χ4n) is 3.42. The van der Waals surface area contributed by atoms with Crippen molar-refractivity contribution in [2.75, 3.05) is 10.8 Å². The summed E-state index contributed by atoms with van der Waals surface area (Å²) in [5, 5.41) is 2.96. The molecule has 0 radical (unpaired) electrons. The van der Waals surface area contributed by atoms with Crippen molar-refractivity contribution in [1.82, 2.24) is 5.32 Å². The number of carbonyl (C=O) groups excluding carboxylic acids is 1. The lowest BCUT2D eigenvalue weighted by Crippen LogP contribution is -2.42. The van der Waals surface area contributed by atoms with Gasteiger partial charge in [0.25, 0.3) is 10.0 Å². The summed E-state index contributed by atoms with van der Waals surface area (Å²) >= 11 is 0. The zero-order valence-corrected chi connectivity index (χ0v) is 19.2. The van der Waals surface area contributed by atoms with Gasteiger partial charge < -0.3 is 5.32 Å². The van der Waals surface area contributed by atoms with Crippen LogP contribution in [0.3, 0.4) is 0 Å². The van der Waals surface area contributed by atoms with Crippen LogP contribution in [0, 0.1) is 19.7 Å². The minimum atomic E-state index is -4.08. The normalized spacial score (nSPS) is 12.2. The number of halogens is 1. The number of carbonyl (C=O) groups is 1. The Morgan fingerprint density at radius 1 is 0.969 bits per heavy atom. The Kier molecular flexibility index (Phi) is 7.30. The quantitative estimate of drug-likeness (QED) is 0.526. The first-order chi connectivity index (χ1) is 15.2. The Labute approximate surface area is 188 Å². The van der Waals surface area contributed by atoms with E-state index < -0.39 is 28.3 Å². The predicted octanol–water partition coefficient (Wildman–Crippen LogP) is 4.91. The summed E-state index contributed by atoms with van der Waals surface area (Å²) in [5.41, 5.74) is 3.61. The van der Waals surface area contributed by atoms with E-state index in [1.54, 1.807) is 30.3 Å². The molecule has 0 saturated heterocycles. The third-order valence-corrected chi connectivity index (χ3v) is 7.20. The van der Waals surface area contributed by atoms with E-state index in [4.69, 9.17) is 0 Å². The highest BCUT2D eigenvalue weighted by molar-refractivity contribution is 7.92. The molecule has 1 amide bonds. The van der Waals surface area contributed by atoms with E-state index >= 15 is 0 Å². The molecule has 1 unspecified atom stereocenters. The van der Waals surface area contributed by atoms with E-state index in [1.165, 1.54) is 12.1 Å². The molecule has 0 aliphatic carbocycles. The van der Waals surface area contributed by atoms with Crippen LogP contribution in [0.4, 0.5) is 10.1 Å². The van der Waals surface area contributed by atoms with Crippen LogP contribution in [-0.2, 0) is 14.8 Å². The number of anilines is 1. The molecule has 1 N–H and O–H groups in total. The lowest BCUT2D eigenvalue weighted by Gasteiger charge is -2.26. The van der Waals surface area contributed by atoms with Crippen LogP contribution in [0.2, 0.25) is 0 Å². The van der Waals surface area contributed by atoms with Crippen molar-refractivity contribution in [2.45, 2.75) is 38.1 Å². The van der Waals surface area contributed by atoms with E-state index in [0.717, 1.165) is 33.1 Å². The van der Waals surface area contributed by atoms with Crippen molar-refractivity contribution in [3.8, 4) is 0 Å². The number of hydrogen-bond acceptors (Lipinski definition) is 3. The summed E-state index contributed by atoms with van der Waals surface area (Å²) in [6.07, 6.45) is 0.657. The standard InChI is InChI=1S/C25H27FN2O3S/c1-4-24(20-11-10-18(2)19(3)16-20)27-25(29)17-28(22-8-6-5-7-9-22)32(30,31)23-14-12-21(26)13-15-23/h5-16,24H,4,17H2,1-3H3,(H,27,29). The van der Waals surface area contributed by atoms with Gasteiger partial charge in [-0.3, -0.25) is 9.10 Å². The van der Waals surface area contributed by atoms with Crippen molar-refractivity contribution in [2.24, 2.45) is 0 Å². The lowest BCUT2D eigenvalue weighted by atomic mass is 9.99. The van der Waals surface area contributed by atoms with Gasteiger partial charge >= 0.3 is 0 Å². The molecule has 3 aromatic rings. The van der Waals surface area contributed by atoms with Crippen LogP contribution in [0.5, 0.6) is 0 Å². The maximum absolute atomic E-state index is 13.3. The second kappa shape index (κ2) is 9.96. The maximum atomic E-state index is 13.3. The van der Waals surface area contributed by atoms with Gasteiger partial charge in [-0.15, -0.1) is 0 Å².